The predicted molar refractivity (Wildman–Crippen MR) is 76.1 cm³/mol. The summed E-state index contributed by atoms with van der Waals surface area (Å²) < 4.78 is 1.85. The molecule has 0 fully saturated rings. The van der Waals surface area contributed by atoms with Gasteiger partial charge in [0.1, 0.15) is 5.82 Å². The molecule has 0 aliphatic carbocycles. The quantitative estimate of drug-likeness (QED) is 0.829. The molecule has 0 spiro atoms. The van der Waals surface area contributed by atoms with Crippen LogP contribution in [0.5, 0.6) is 0 Å². The Morgan fingerprint density at radius 3 is 2.84 bits per heavy atom. The van der Waals surface area contributed by atoms with Crippen LogP contribution < -0.4 is 10.6 Å². The van der Waals surface area contributed by atoms with E-state index in [-0.39, 0.29) is 0 Å². The molecule has 19 heavy (non-hydrogen) atoms. The van der Waals surface area contributed by atoms with E-state index < -0.39 is 0 Å². The van der Waals surface area contributed by atoms with Crippen molar-refractivity contribution in [3.63, 3.8) is 0 Å². The minimum absolute atomic E-state index is 0.648. The van der Waals surface area contributed by atoms with Crippen LogP contribution in [-0.2, 0) is 20.0 Å². The Morgan fingerprint density at radius 2 is 2.11 bits per heavy atom. The van der Waals surface area contributed by atoms with Crippen molar-refractivity contribution in [1.82, 2.24) is 19.7 Å². The summed E-state index contributed by atoms with van der Waals surface area (Å²) in [6.07, 6.45) is 4.72. The lowest BCUT2D eigenvalue weighted by Crippen LogP contribution is -2.06. The Bertz CT molecular complexity index is 534. The fourth-order valence-electron chi connectivity index (χ4n) is 1.92. The van der Waals surface area contributed by atoms with Crippen LogP contribution in [0.3, 0.4) is 0 Å². The summed E-state index contributed by atoms with van der Waals surface area (Å²) in [5.74, 6) is 1.46. The predicted octanol–water partition coefficient (Wildman–Crippen LogP) is 1.82. The van der Waals surface area contributed by atoms with E-state index in [2.05, 4.69) is 32.6 Å². The second kappa shape index (κ2) is 6.17. The average molecular weight is 260 g/mol. The molecule has 0 bridgehead atoms. The lowest BCUT2D eigenvalue weighted by Gasteiger charge is -2.07. The summed E-state index contributed by atoms with van der Waals surface area (Å²) in [4.78, 5) is 8.52. The van der Waals surface area contributed by atoms with Crippen LogP contribution in [0, 0.1) is 0 Å². The van der Waals surface area contributed by atoms with Gasteiger partial charge in [-0.3, -0.25) is 4.68 Å². The maximum Gasteiger partial charge on any atom is 0.224 e. The third-order valence-electron chi connectivity index (χ3n) is 2.78. The van der Waals surface area contributed by atoms with E-state index in [1.807, 2.05) is 30.9 Å². The van der Waals surface area contributed by atoms with Crippen LogP contribution in [0.15, 0.2) is 18.5 Å². The van der Waals surface area contributed by atoms with Crippen LogP contribution in [-0.4, -0.2) is 26.3 Å². The number of hydrogen-bond acceptors (Lipinski definition) is 5. The third kappa shape index (κ3) is 3.43. The van der Waals surface area contributed by atoms with E-state index in [1.54, 1.807) is 6.20 Å². The molecular formula is C13H20N6. The van der Waals surface area contributed by atoms with Gasteiger partial charge in [0.2, 0.25) is 5.95 Å². The Labute approximate surface area is 113 Å². The maximum absolute atomic E-state index is 4.42. The standard InChI is InChI=1S/C13H20N6/c1-4-11-10(9-19(3)18-11)8-16-12-6-7-15-13(17-12)14-5-2/h6-7,9H,4-5,8H2,1-3H3,(H2,14,15,16,17). The summed E-state index contributed by atoms with van der Waals surface area (Å²) in [5.41, 5.74) is 2.32. The van der Waals surface area contributed by atoms with Crippen molar-refractivity contribution in [2.45, 2.75) is 26.8 Å². The van der Waals surface area contributed by atoms with Gasteiger partial charge >= 0.3 is 0 Å². The number of nitrogens with zero attached hydrogens (tertiary/aromatic N) is 4. The molecule has 2 rings (SSSR count). The lowest BCUT2D eigenvalue weighted by molar-refractivity contribution is 0.746. The smallest absolute Gasteiger partial charge is 0.224 e. The molecule has 0 saturated heterocycles. The van der Waals surface area contributed by atoms with Gasteiger partial charge < -0.3 is 10.6 Å². The first-order valence-corrected chi connectivity index (χ1v) is 6.55. The zero-order valence-electron chi connectivity index (χ0n) is 11.6. The SMILES string of the molecule is CCNc1nccc(NCc2cn(C)nc2CC)n1. The number of anilines is 2. The number of hydrogen-bond donors (Lipinski definition) is 2. The summed E-state index contributed by atoms with van der Waals surface area (Å²) in [6, 6.07) is 1.86. The van der Waals surface area contributed by atoms with Gasteiger partial charge in [0.15, 0.2) is 0 Å². The van der Waals surface area contributed by atoms with E-state index in [4.69, 9.17) is 0 Å². The van der Waals surface area contributed by atoms with Crippen molar-refractivity contribution in [2.24, 2.45) is 7.05 Å². The van der Waals surface area contributed by atoms with Gasteiger partial charge in [-0.15, -0.1) is 0 Å². The highest BCUT2D eigenvalue weighted by atomic mass is 15.3. The molecule has 102 valence electrons. The molecule has 2 heterocycles. The third-order valence-corrected chi connectivity index (χ3v) is 2.78. The first-order chi connectivity index (χ1) is 9.22. The summed E-state index contributed by atoms with van der Waals surface area (Å²) >= 11 is 0. The molecule has 2 aromatic heterocycles. The fourth-order valence-corrected chi connectivity index (χ4v) is 1.92. The summed E-state index contributed by atoms with van der Waals surface area (Å²) in [5, 5.41) is 10.8. The van der Waals surface area contributed by atoms with Crippen LogP contribution in [0.25, 0.3) is 0 Å². The molecule has 6 nitrogen and oxygen atoms in total. The van der Waals surface area contributed by atoms with Crippen LogP contribution in [0.1, 0.15) is 25.1 Å². The van der Waals surface area contributed by atoms with Crippen molar-refractivity contribution in [1.29, 1.82) is 0 Å². The highest BCUT2D eigenvalue weighted by Gasteiger charge is 2.06. The Morgan fingerprint density at radius 1 is 1.26 bits per heavy atom. The highest BCUT2D eigenvalue weighted by Crippen LogP contribution is 2.11. The van der Waals surface area contributed by atoms with Gasteiger partial charge in [-0.2, -0.15) is 10.1 Å². The minimum atomic E-state index is 0.648. The molecule has 0 radical (unpaired) electrons. The zero-order valence-corrected chi connectivity index (χ0v) is 11.6. The number of aryl methyl sites for hydroxylation is 2. The summed E-state index contributed by atoms with van der Waals surface area (Å²) in [7, 11) is 1.94. The van der Waals surface area contributed by atoms with Crippen molar-refractivity contribution < 1.29 is 0 Å². The van der Waals surface area contributed by atoms with E-state index in [0.29, 0.717) is 5.95 Å². The highest BCUT2D eigenvalue weighted by molar-refractivity contribution is 5.40. The first-order valence-electron chi connectivity index (χ1n) is 6.55. The van der Waals surface area contributed by atoms with Crippen LogP contribution >= 0.6 is 0 Å². The van der Waals surface area contributed by atoms with E-state index >= 15 is 0 Å². The van der Waals surface area contributed by atoms with Crippen LogP contribution in [0.2, 0.25) is 0 Å². The number of aromatic nitrogens is 4. The second-order valence-electron chi connectivity index (χ2n) is 4.28. The molecule has 2 N–H and O–H groups in total. The first kappa shape index (κ1) is 13.3. The van der Waals surface area contributed by atoms with Gasteiger partial charge in [0.25, 0.3) is 0 Å². The Hall–Kier alpha value is -2.11. The molecule has 0 unspecified atom stereocenters. The number of rotatable bonds is 6. The fraction of sp³-hybridized carbons (Fsp3) is 0.462. The van der Waals surface area contributed by atoms with Crippen molar-refractivity contribution >= 4 is 11.8 Å². The lowest BCUT2D eigenvalue weighted by atomic mass is 10.2. The normalized spacial score (nSPS) is 10.5. The number of nitrogens with one attached hydrogen (secondary N) is 2. The summed E-state index contributed by atoms with van der Waals surface area (Å²) in [6.45, 7) is 5.66. The van der Waals surface area contributed by atoms with Gasteiger partial charge in [-0.25, -0.2) is 4.98 Å². The van der Waals surface area contributed by atoms with Crippen LogP contribution in [0.4, 0.5) is 11.8 Å². The van der Waals surface area contributed by atoms with Gasteiger partial charge in [0.05, 0.1) is 5.69 Å². The van der Waals surface area contributed by atoms with Gasteiger partial charge in [-0.1, -0.05) is 6.92 Å². The molecule has 0 amide bonds. The largest absolute Gasteiger partial charge is 0.366 e. The second-order valence-corrected chi connectivity index (χ2v) is 4.28. The van der Waals surface area contributed by atoms with E-state index in [0.717, 1.165) is 31.0 Å². The topological polar surface area (TPSA) is 67.7 Å². The van der Waals surface area contributed by atoms with Gasteiger partial charge in [0, 0.05) is 38.1 Å². The molecule has 0 aliphatic rings. The Kier molecular flexibility index (Phi) is 4.33. The van der Waals surface area contributed by atoms with E-state index in [1.165, 1.54) is 5.56 Å². The molecule has 0 aliphatic heterocycles. The average Bonchev–Trinajstić information content (AvgIpc) is 2.78. The molecule has 0 aromatic carbocycles. The van der Waals surface area contributed by atoms with Gasteiger partial charge in [-0.05, 0) is 19.4 Å². The monoisotopic (exact) mass is 260 g/mol. The molecular weight excluding hydrogens is 240 g/mol. The van der Waals surface area contributed by atoms with Crippen molar-refractivity contribution in [3.05, 3.63) is 29.7 Å². The molecule has 0 saturated carbocycles. The molecule has 2 aromatic rings. The van der Waals surface area contributed by atoms with Crippen molar-refractivity contribution in [3.8, 4) is 0 Å². The molecule has 0 atom stereocenters. The zero-order chi connectivity index (χ0) is 13.7. The molecule has 6 heteroatoms. The Balaban J connectivity index is 2.03. The minimum Gasteiger partial charge on any atom is -0.366 e. The maximum atomic E-state index is 4.42. The van der Waals surface area contributed by atoms with Crippen molar-refractivity contribution in [2.75, 3.05) is 17.2 Å². The van der Waals surface area contributed by atoms with E-state index in [9.17, 15) is 0 Å².